The van der Waals surface area contributed by atoms with Gasteiger partial charge in [-0.2, -0.15) is 0 Å². The molecule has 1 heteroatoms. The van der Waals surface area contributed by atoms with E-state index in [1.54, 1.807) is 5.57 Å². The molecule has 0 aromatic rings. The van der Waals surface area contributed by atoms with Crippen molar-refractivity contribution >= 4 is 11.8 Å². The molecule has 1 aliphatic heterocycles. The third-order valence-corrected chi connectivity index (χ3v) is 7.77. The van der Waals surface area contributed by atoms with Gasteiger partial charge in [-0.25, -0.2) is 0 Å². The lowest BCUT2D eigenvalue weighted by Crippen LogP contribution is -2.19. The molecule has 0 spiro atoms. The summed E-state index contributed by atoms with van der Waals surface area (Å²) >= 11 is 1.92. The summed E-state index contributed by atoms with van der Waals surface area (Å²) in [6.45, 7) is 17.9. The first kappa shape index (κ1) is 28.0. The molecule has 1 atom stereocenters. The number of allylic oxidation sites excluding steroid dienone is 18. The largest absolute Gasteiger partial charge is 0.119 e. The van der Waals surface area contributed by atoms with Gasteiger partial charge in [0.15, 0.2) is 0 Å². The summed E-state index contributed by atoms with van der Waals surface area (Å²) in [6, 6.07) is 0. The van der Waals surface area contributed by atoms with Crippen LogP contribution in [-0.2, 0) is 0 Å². The van der Waals surface area contributed by atoms with E-state index in [2.05, 4.69) is 134 Å². The minimum Gasteiger partial charge on any atom is -0.119 e. The van der Waals surface area contributed by atoms with Gasteiger partial charge in [-0.3, -0.25) is 0 Å². The fourth-order valence-electron chi connectivity index (χ4n) is 4.26. The van der Waals surface area contributed by atoms with Crippen molar-refractivity contribution in [1.82, 2.24) is 0 Å². The van der Waals surface area contributed by atoms with Crippen LogP contribution in [0.1, 0.15) is 74.7 Å². The summed E-state index contributed by atoms with van der Waals surface area (Å²) in [6.07, 6.45) is 32.4. The van der Waals surface area contributed by atoms with Gasteiger partial charge in [-0.1, -0.05) is 121 Å². The number of rotatable bonds is 8. The maximum atomic E-state index is 2.37. The van der Waals surface area contributed by atoms with Gasteiger partial charge in [0.05, 0.1) is 0 Å². The van der Waals surface area contributed by atoms with Gasteiger partial charge in [0.1, 0.15) is 0 Å². The standard InChI is InChI=1S/C33H44S/c1-25(15-11-16-27(3)19-23-32-29(5)20-21-30(6)34-32)13-9-10-14-26(2)18-22-31-28(4)17-12-24-33(31,7)8/h9-11,13-16,18-23,32H,12,17,24H2,1-8H3/b10-9+,15-11+,22-18+,23-19+,25-13+,26-14+,27-16+. The molecule has 1 heterocycles. The molecule has 34 heavy (non-hydrogen) atoms. The molecule has 182 valence electrons. The Balaban J connectivity index is 1.88. The highest BCUT2D eigenvalue weighted by molar-refractivity contribution is 8.04. The van der Waals surface area contributed by atoms with Crippen LogP contribution in [0.15, 0.2) is 117 Å². The van der Waals surface area contributed by atoms with Gasteiger partial charge >= 0.3 is 0 Å². The van der Waals surface area contributed by atoms with E-state index in [-0.39, 0.29) is 0 Å². The molecule has 1 aliphatic carbocycles. The molecule has 0 fully saturated rings. The molecule has 2 rings (SSSR count). The number of hydrogen-bond donors (Lipinski definition) is 0. The Morgan fingerprint density at radius 1 is 0.853 bits per heavy atom. The minimum absolute atomic E-state index is 0.297. The lowest BCUT2D eigenvalue weighted by Gasteiger charge is -2.32. The molecule has 1 unspecified atom stereocenters. The van der Waals surface area contributed by atoms with Gasteiger partial charge in [0.25, 0.3) is 0 Å². The Bertz CT molecular complexity index is 1020. The van der Waals surface area contributed by atoms with Crippen molar-refractivity contribution in [1.29, 1.82) is 0 Å². The van der Waals surface area contributed by atoms with Crippen LogP contribution in [0, 0.1) is 5.41 Å². The van der Waals surface area contributed by atoms with Gasteiger partial charge in [0, 0.05) is 5.25 Å². The molecule has 0 bridgehead atoms. The smallest absolute Gasteiger partial charge is 0.0484 e. The highest BCUT2D eigenvalue weighted by Gasteiger charge is 2.26. The second kappa shape index (κ2) is 13.6. The summed E-state index contributed by atoms with van der Waals surface area (Å²) in [7, 11) is 0. The summed E-state index contributed by atoms with van der Waals surface area (Å²) in [5, 5.41) is 0.449. The fourth-order valence-corrected chi connectivity index (χ4v) is 5.23. The van der Waals surface area contributed by atoms with E-state index >= 15 is 0 Å². The molecule has 0 aromatic carbocycles. The molecular formula is C33H44S. The maximum Gasteiger partial charge on any atom is 0.0484 e. The lowest BCUT2D eigenvalue weighted by atomic mass is 9.72. The minimum atomic E-state index is 0.297. The molecule has 0 aromatic heterocycles. The van der Waals surface area contributed by atoms with E-state index in [4.69, 9.17) is 0 Å². The Labute approximate surface area is 214 Å². The van der Waals surface area contributed by atoms with Crippen LogP contribution < -0.4 is 0 Å². The van der Waals surface area contributed by atoms with Crippen molar-refractivity contribution in [2.75, 3.05) is 0 Å². The van der Waals surface area contributed by atoms with Crippen molar-refractivity contribution in [3.63, 3.8) is 0 Å². The van der Waals surface area contributed by atoms with Crippen LogP contribution in [0.25, 0.3) is 0 Å². The first-order chi connectivity index (χ1) is 16.1. The summed E-state index contributed by atoms with van der Waals surface area (Å²) < 4.78 is 0. The predicted octanol–water partition coefficient (Wildman–Crippen LogP) is 10.5. The highest BCUT2D eigenvalue weighted by Crippen LogP contribution is 2.40. The topological polar surface area (TPSA) is 0 Å². The van der Waals surface area contributed by atoms with E-state index in [0.29, 0.717) is 10.7 Å². The molecule has 0 radical (unpaired) electrons. The van der Waals surface area contributed by atoms with Gasteiger partial charge in [0.2, 0.25) is 0 Å². The zero-order valence-corrected chi connectivity index (χ0v) is 23.4. The Kier molecular flexibility index (Phi) is 11.2. The first-order valence-electron chi connectivity index (χ1n) is 12.5. The van der Waals surface area contributed by atoms with Crippen LogP contribution in [0.3, 0.4) is 0 Å². The quantitative estimate of drug-likeness (QED) is 0.316. The molecule has 0 saturated carbocycles. The summed E-state index contributed by atoms with van der Waals surface area (Å²) in [4.78, 5) is 1.37. The summed E-state index contributed by atoms with van der Waals surface area (Å²) in [5.41, 5.74) is 8.54. The average Bonchev–Trinajstić information content (AvgIpc) is 2.76. The second-order valence-electron chi connectivity index (χ2n) is 10.3. The van der Waals surface area contributed by atoms with Gasteiger partial charge in [-0.05, 0) is 76.7 Å². The highest BCUT2D eigenvalue weighted by atomic mass is 32.2. The van der Waals surface area contributed by atoms with Crippen molar-refractivity contribution in [3.8, 4) is 0 Å². The average molecular weight is 473 g/mol. The van der Waals surface area contributed by atoms with Gasteiger partial charge < -0.3 is 0 Å². The Morgan fingerprint density at radius 3 is 2.15 bits per heavy atom. The van der Waals surface area contributed by atoms with Crippen molar-refractivity contribution in [2.45, 2.75) is 79.9 Å². The van der Waals surface area contributed by atoms with Crippen LogP contribution in [-0.4, -0.2) is 5.25 Å². The van der Waals surface area contributed by atoms with Crippen molar-refractivity contribution in [2.24, 2.45) is 5.41 Å². The second-order valence-corrected chi connectivity index (χ2v) is 11.7. The fraction of sp³-hybridized carbons (Fsp3) is 0.394. The van der Waals surface area contributed by atoms with Crippen LogP contribution in [0.4, 0.5) is 0 Å². The molecular weight excluding hydrogens is 428 g/mol. The maximum absolute atomic E-state index is 2.37. The molecule has 0 saturated heterocycles. The number of hydrogen-bond acceptors (Lipinski definition) is 1. The normalized spacial score (nSPS) is 23.1. The van der Waals surface area contributed by atoms with E-state index < -0.39 is 0 Å². The number of thioether (sulfide) groups is 1. The third-order valence-electron chi connectivity index (χ3n) is 6.48. The molecule has 0 nitrogen and oxygen atoms in total. The van der Waals surface area contributed by atoms with Crippen molar-refractivity contribution in [3.05, 3.63) is 117 Å². The van der Waals surface area contributed by atoms with E-state index in [9.17, 15) is 0 Å². The molecule has 0 N–H and O–H groups in total. The first-order valence-corrected chi connectivity index (χ1v) is 13.4. The summed E-state index contributed by atoms with van der Waals surface area (Å²) in [5.74, 6) is 0. The van der Waals surface area contributed by atoms with Crippen LogP contribution in [0.2, 0.25) is 0 Å². The molecule has 0 amide bonds. The van der Waals surface area contributed by atoms with Gasteiger partial charge in [-0.15, -0.1) is 11.8 Å². The predicted molar refractivity (Wildman–Crippen MR) is 157 cm³/mol. The SMILES string of the molecule is CC1=CC=C(C)C(/C=C/C(C)=C/C=C/C(C)=C/C=C/C=C(C)/C=C/C2=C(C)CCCC2(C)C)S1. The molecule has 2 aliphatic rings. The monoisotopic (exact) mass is 472 g/mol. The third kappa shape index (κ3) is 9.55. The zero-order valence-electron chi connectivity index (χ0n) is 22.6. The Morgan fingerprint density at radius 2 is 1.47 bits per heavy atom. The van der Waals surface area contributed by atoms with Crippen LogP contribution >= 0.6 is 11.8 Å². The van der Waals surface area contributed by atoms with E-state index in [1.165, 1.54) is 52.0 Å². The van der Waals surface area contributed by atoms with Crippen LogP contribution in [0.5, 0.6) is 0 Å². The Hall–Kier alpha value is -2.25. The van der Waals surface area contributed by atoms with Crippen molar-refractivity contribution < 1.29 is 0 Å². The lowest BCUT2D eigenvalue weighted by molar-refractivity contribution is 0.377. The zero-order chi connectivity index (χ0) is 25.1. The van der Waals surface area contributed by atoms with E-state index in [0.717, 1.165) is 0 Å². The van der Waals surface area contributed by atoms with E-state index in [1.807, 2.05) is 11.8 Å².